The number of aromatic nitrogens is 3. The molecule has 0 radical (unpaired) electrons. The number of pyridine rings is 1. The highest BCUT2D eigenvalue weighted by molar-refractivity contribution is 5.89. The van der Waals surface area contributed by atoms with Crippen molar-refractivity contribution in [2.45, 2.75) is 18.7 Å². The number of hydrogen-bond acceptors (Lipinski definition) is 5. The van der Waals surface area contributed by atoms with Gasteiger partial charge in [0.25, 0.3) is 0 Å². The molecule has 1 aliphatic rings. The lowest BCUT2D eigenvalue weighted by Gasteiger charge is -2.05. The van der Waals surface area contributed by atoms with E-state index in [1.165, 1.54) is 30.7 Å². The fourth-order valence-electron chi connectivity index (χ4n) is 1.83. The highest BCUT2D eigenvalue weighted by Gasteiger charge is 2.57. The lowest BCUT2D eigenvalue weighted by atomic mass is 10.3. The lowest BCUT2D eigenvalue weighted by molar-refractivity contribution is -0.153. The van der Waals surface area contributed by atoms with Gasteiger partial charge in [-0.25, -0.2) is 4.79 Å². The van der Waals surface area contributed by atoms with Crippen molar-refractivity contribution in [1.82, 2.24) is 14.9 Å². The maximum atomic E-state index is 12.4. The van der Waals surface area contributed by atoms with E-state index in [1.54, 1.807) is 6.07 Å². The summed E-state index contributed by atoms with van der Waals surface area (Å²) in [4.78, 5) is 21.2. The van der Waals surface area contributed by atoms with Crippen molar-refractivity contribution in [1.29, 1.82) is 0 Å². The molecular formula is C13H10F3N3O3. The average Bonchev–Trinajstić information content (AvgIpc) is 3.12. The molecule has 116 valence electrons. The van der Waals surface area contributed by atoms with Crippen LogP contribution in [0.15, 0.2) is 36.8 Å². The van der Waals surface area contributed by atoms with Crippen LogP contribution in [0.2, 0.25) is 0 Å². The second-order valence-corrected chi connectivity index (χ2v) is 4.72. The van der Waals surface area contributed by atoms with Gasteiger partial charge in [0.05, 0.1) is 17.7 Å². The molecule has 2 aromatic heterocycles. The van der Waals surface area contributed by atoms with Crippen LogP contribution in [-0.4, -0.2) is 33.2 Å². The van der Waals surface area contributed by atoms with Gasteiger partial charge in [0, 0.05) is 18.5 Å². The van der Waals surface area contributed by atoms with E-state index >= 15 is 0 Å². The van der Waals surface area contributed by atoms with Crippen LogP contribution < -0.4 is 9.57 Å². The number of ether oxygens (including phenoxy) is 1. The molecule has 0 unspecified atom stereocenters. The minimum absolute atomic E-state index is 0.0317. The van der Waals surface area contributed by atoms with Crippen LogP contribution in [0.5, 0.6) is 5.88 Å². The molecule has 1 aliphatic carbocycles. The first-order chi connectivity index (χ1) is 10.4. The summed E-state index contributed by atoms with van der Waals surface area (Å²) in [6.45, 7) is 0. The number of nitrogens with zero attached hydrogens (tertiary/aromatic N) is 3. The lowest BCUT2D eigenvalue weighted by Crippen LogP contribution is -2.20. The van der Waals surface area contributed by atoms with Gasteiger partial charge in [-0.05, 0) is 18.6 Å². The largest absolute Gasteiger partial charge is 0.473 e. The van der Waals surface area contributed by atoms with Crippen LogP contribution in [0.3, 0.4) is 0 Å². The minimum Gasteiger partial charge on any atom is -0.473 e. The van der Waals surface area contributed by atoms with Gasteiger partial charge >= 0.3 is 12.1 Å². The van der Waals surface area contributed by atoms with Crippen LogP contribution >= 0.6 is 0 Å². The minimum atomic E-state index is -4.26. The predicted octanol–water partition coefficient (Wildman–Crippen LogP) is 1.88. The maximum Gasteiger partial charge on any atom is 0.395 e. The number of hydrogen-bond donors (Lipinski definition) is 0. The Morgan fingerprint density at radius 3 is 2.82 bits per heavy atom. The molecule has 0 amide bonds. The van der Waals surface area contributed by atoms with Gasteiger partial charge in [-0.1, -0.05) is 9.94 Å². The van der Waals surface area contributed by atoms with Crippen LogP contribution in [0, 0.1) is 5.92 Å². The third-order valence-corrected chi connectivity index (χ3v) is 3.04. The van der Waals surface area contributed by atoms with Crippen LogP contribution in [0.4, 0.5) is 13.2 Å². The van der Waals surface area contributed by atoms with Gasteiger partial charge in [0.1, 0.15) is 6.10 Å². The highest BCUT2D eigenvalue weighted by Crippen LogP contribution is 2.46. The second kappa shape index (κ2) is 5.32. The van der Waals surface area contributed by atoms with Gasteiger partial charge in [0.15, 0.2) is 0 Å². The Hall–Kier alpha value is -2.58. The normalized spacial score (nSPS) is 20.5. The Morgan fingerprint density at radius 1 is 1.36 bits per heavy atom. The molecule has 2 aromatic rings. The van der Waals surface area contributed by atoms with Crippen molar-refractivity contribution in [3.63, 3.8) is 0 Å². The zero-order chi connectivity index (χ0) is 15.7. The Bertz CT molecular complexity index is 672. The standard InChI is InChI=1S/C13H10F3N3O3/c14-13(15,16)9-6-10(9)21-11-3-5-19(18-11)22-12(20)8-2-1-4-17-7-8/h1-5,7,9-10H,6H2/t9-,10+/m0/s1. The summed E-state index contributed by atoms with van der Waals surface area (Å²) in [5.74, 6) is -2.19. The molecule has 0 saturated heterocycles. The van der Waals surface area contributed by atoms with Crippen molar-refractivity contribution in [2.24, 2.45) is 5.92 Å². The summed E-state index contributed by atoms with van der Waals surface area (Å²) < 4.78 is 42.2. The van der Waals surface area contributed by atoms with Gasteiger partial charge in [0.2, 0.25) is 5.88 Å². The third kappa shape index (κ3) is 3.18. The van der Waals surface area contributed by atoms with Crippen LogP contribution in [0.25, 0.3) is 0 Å². The van der Waals surface area contributed by atoms with Crippen molar-refractivity contribution in [2.75, 3.05) is 0 Å². The third-order valence-electron chi connectivity index (χ3n) is 3.04. The first-order valence-corrected chi connectivity index (χ1v) is 6.35. The summed E-state index contributed by atoms with van der Waals surface area (Å²) in [5, 5.41) is 3.74. The topological polar surface area (TPSA) is 66.2 Å². The average molecular weight is 313 g/mol. The molecular weight excluding hydrogens is 303 g/mol. The first kappa shape index (κ1) is 14.4. The Balaban J connectivity index is 1.57. The van der Waals surface area contributed by atoms with E-state index in [-0.39, 0.29) is 17.9 Å². The number of carbonyl (C=O) groups is 1. The van der Waals surface area contributed by atoms with E-state index in [9.17, 15) is 18.0 Å². The summed E-state index contributed by atoms with van der Waals surface area (Å²) in [6.07, 6.45) is -1.19. The predicted molar refractivity (Wildman–Crippen MR) is 66.0 cm³/mol. The summed E-state index contributed by atoms with van der Waals surface area (Å²) in [5.41, 5.74) is 0.222. The molecule has 9 heteroatoms. The molecule has 1 saturated carbocycles. The molecule has 0 bridgehead atoms. The molecule has 0 aliphatic heterocycles. The van der Waals surface area contributed by atoms with Gasteiger partial charge < -0.3 is 9.57 Å². The second-order valence-electron chi connectivity index (χ2n) is 4.72. The summed E-state index contributed by atoms with van der Waals surface area (Å²) in [6, 6.07) is 4.40. The fourth-order valence-corrected chi connectivity index (χ4v) is 1.83. The number of halogens is 3. The first-order valence-electron chi connectivity index (χ1n) is 6.35. The molecule has 0 aromatic carbocycles. The van der Waals surface area contributed by atoms with E-state index < -0.39 is 24.2 Å². The van der Waals surface area contributed by atoms with Crippen LogP contribution in [0.1, 0.15) is 16.8 Å². The number of rotatable bonds is 4. The smallest absolute Gasteiger partial charge is 0.395 e. The van der Waals surface area contributed by atoms with Gasteiger partial charge in [-0.15, -0.1) is 0 Å². The summed E-state index contributed by atoms with van der Waals surface area (Å²) >= 11 is 0. The van der Waals surface area contributed by atoms with E-state index in [0.717, 1.165) is 4.85 Å². The zero-order valence-electron chi connectivity index (χ0n) is 11.0. The van der Waals surface area contributed by atoms with Crippen LogP contribution in [-0.2, 0) is 0 Å². The molecule has 2 heterocycles. The van der Waals surface area contributed by atoms with Crippen molar-refractivity contribution >= 4 is 5.97 Å². The Labute approximate surface area is 122 Å². The molecule has 3 rings (SSSR count). The SMILES string of the molecule is O=C(On1ccc(O[C@@H]2C[C@@H]2C(F)(F)F)n1)c1cccnc1. The highest BCUT2D eigenvalue weighted by atomic mass is 19.4. The molecule has 0 spiro atoms. The Kier molecular flexibility index (Phi) is 3.47. The van der Waals surface area contributed by atoms with Crippen molar-refractivity contribution < 1.29 is 27.5 Å². The number of carbonyl (C=O) groups excluding carboxylic acids is 1. The van der Waals surface area contributed by atoms with E-state index in [0.29, 0.717) is 0 Å². The molecule has 1 fully saturated rings. The Morgan fingerprint density at radius 2 is 2.18 bits per heavy atom. The van der Waals surface area contributed by atoms with Gasteiger partial charge in [-0.2, -0.15) is 13.2 Å². The molecule has 6 nitrogen and oxygen atoms in total. The van der Waals surface area contributed by atoms with Gasteiger partial charge in [-0.3, -0.25) is 4.98 Å². The number of alkyl halides is 3. The zero-order valence-corrected chi connectivity index (χ0v) is 11.0. The van der Waals surface area contributed by atoms with Crippen molar-refractivity contribution in [3.8, 4) is 5.88 Å². The van der Waals surface area contributed by atoms with E-state index in [2.05, 4.69) is 10.1 Å². The van der Waals surface area contributed by atoms with E-state index in [4.69, 9.17) is 9.57 Å². The molecule has 2 atom stereocenters. The fraction of sp³-hybridized carbons (Fsp3) is 0.308. The summed E-state index contributed by atoms with van der Waals surface area (Å²) in [7, 11) is 0. The maximum absolute atomic E-state index is 12.4. The quantitative estimate of drug-likeness (QED) is 0.862. The monoisotopic (exact) mass is 313 g/mol. The molecule has 0 N–H and O–H groups in total. The molecule has 22 heavy (non-hydrogen) atoms. The van der Waals surface area contributed by atoms with Crippen molar-refractivity contribution in [3.05, 3.63) is 42.4 Å². The van der Waals surface area contributed by atoms with E-state index in [1.807, 2.05) is 0 Å².